The molecule has 3 nitrogen and oxygen atoms in total. The topological polar surface area (TPSA) is 42.2 Å². The van der Waals surface area contributed by atoms with Gasteiger partial charge in [-0.15, -0.1) is 0 Å². The molecule has 3 rings (SSSR count). The maximum absolute atomic E-state index is 13.4. The lowest BCUT2D eigenvalue weighted by molar-refractivity contribution is 0.0697. The van der Waals surface area contributed by atoms with Gasteiger partial charge in [-0.1, -0.05) is 12.1 Å². The van der Waals surface area contributed by atoms with Crippen molar-refractivity contribution in [2.45, 2.75) is 20.4 Å². The van der Waals surface area contributed by atoms with Crippen molar-refractivity contribution in [1.29, 1.82) is 0 Å². The van der Waals surface area contributed by atoms with Gasteiger partial charge in [-0.3, -0.25) is 0 Å². The van der Waals surface area contributed by atoms with E-state index in [-0.39, 0.29) is 11.4 Å². The second kappa shape index (κ2) is 5.30. The van der Waals surface area contributed by atoms with Crippen molar-refractivity contribution < 1.29 is 14.3 Å². The standard InChI is InChI=1S/C18H16FNO2/c1-11-12(2)20(10-13-4-3-5-15(19)8-13)17-7-6-14(18(21)22)9-16(11)17/h3-9H,10H2,1-2H3,(H,21,22). The minimum atomic E-state index is -0.933. The number of aromatic carboxylic acids is 1. The molecule has 0 aliphatic carbocycles. The lowest BCUT2D eigenvalue weighted by Gasteiger charge is -2.09. The Morgan fingerprint density at radius 1 is 1.18 bits per heavy atom. The number of hydrogen-bond donors (Lipinski definition) is 1. The van der Waals surface area contributed by atoms with Crippen LogP contribution < -0.4 is 0 Å². The van der Waals surface area contributed by atoms with Gasteiger partial charge in [0.15, 0.2) is 0 Å². The van der Waals surface area contributed by atoms with Crippen molar-refractivity contribution in [2.24, 2.45) is 0 Å². The SMILES string of the molecule is Cc1c(C)n(Cc2cccc(F)c2)c2ccc(C(=O)O)cc12. The molecule has 0 fully saturated rings. The number of fused-ring (bicyclic) bond motifs is 1. The molecular weight excluding hydrogens is 281 g/mol. The fourth-order valence-corrected chi connectivity index (χ4v) is 2.80. The van der Waals surface area contributed by atoms with Gasteiger partial charge in [0.05, 0.1) is 5.56 Å². The van der Waals surface area contributed by atoms with E-state index in [9.17, 15) is 9.18 Å². The van der Waals surface area contributed by atoms with Gasteiger partial charge in [-0.05, 0) is 55.3 Å². The summed E-state index contributed by atoms with van der Waals surface area (Å²) in [4.78, 5) is 11.1. The van der Waals surface area contributed by atoms with Gasteiger partial charge in [-0.25, -0.2) is 9.18 Å². The fraction of sp³-hybridized carbons (Fsp3) is 0.167. The number of aryl methyl sites for hydroxylation is 1. The third kappa shape index (κ3) is 2.37. The summed E-state index contributed by atoms with van der Waals surface area (Å²) >= 11 is 0. The molecule has 1 heterocycles. The molecule has 0 aliphatic heterocycles. The number of nitrogens with zero attached hydrogens (tertiary/aromatic N) is 1. The smallest absolute Gasteiger partial charge is 0.335 e. The van der Waals surface area contributed by atoms with Gasteiger partial charge in [-0.2, -0.15) is 0 Å². The van der Waals surface area contributed by atoms with Crippen LogP contribution in [0.4, 0.5) is 4.39 Å². The second-order valence-corrected chi connectivity index (χ2v) is 5.46. The van der Waals surface area contributed by atoms with Crippen molar-refractivity contribution in [3.8, 4) is 0 Å². The maximum Gasteiger partial charge on any atom is 0.335 e. The molecule has 22 heavy (non-hydrogen) atoms. The van der Waals surface area contributed by atoms with E-state index in [2.05, 4.69) is 4.57 Å². The Kier molecular flexibility index (Phi) is 3.45. The molecule has 0 atom stereocenters. The van der Waals surface area contributed by atoms with E-state index in [1.54, 1.807) is 18.2 Å². The van der Waals surface area contributed by atoms with Crippen LogP contribution in [0.1, 0.15) is 27.2 Å². The molecule has 4 heteroatoms. The highest BCUT2D eigenvalue weighted by Crippen LogP contribution is 2.27. The Bertz CT molecular complexity index is 880. The minimum absolute atomic E-state index is 0.253. The first-order valence-electron chi connectivity index (χ1n) is 7.04. The number of aromatic nitrogens is 1. The summed E-state index contributed by atoms with van der Waals surface area (Å²) < 4.78 is 15.4. The van der Waals surface area contributed by atoms with Crippen LogP contribution in [-0.2, 0) is 6.54 Å². The summed E-state index contributed by atoms with van der Waals surface area (Å²) in [6.45, 7) is 4.53. The van der Waals surface area contributed by atoms with Crippen molar-refractivity contribution >= 4 is 16.9 Å². The van der Waals surface area contributed by atoms with Crippen LogP contribution in [0.15, 0.2) is 42.5 Å². The molecule has 0 aliphatic rings. The zero-order valence-electron chi connectivity index (χ0n) is 12.4. The summed E-state index contributed by atoms with van der Waals surface area (Å²) in [6.07, 6.45) is 0. The zero-order valence-corrected chi connectivity index (χ0v) is 12.4. The number of halogens is 1. The Labute approximate surface area is 127 Å². The van der Waals surface area contributed by atoms with Crippen LogP contribution >= 0.6 is 0 Å². The average Bonchev–Trinajstić information content (AvgIpc) is 2.72. The number of benzene rings is 2. The predicted octanol–water partition coefficient (Wildman–Crippen LogP) is 4.14. The third-order valence-corrected chi connectivity index (χ3v) is 4.12. The molecule has 0 saturated heterocycles. The monoisotopic (exact) mass is 297 g/mol. The molecule has 0 radical (unpaired) electrons. The fourth-order valence-electron chi connectivity index (χ4n) is 2.80. The highest BCUT2D eigenvalue weighted by atomic mass is 19.1. The summed E-state index contributed by atoms with van der Waals surface area (Å²) in [5, 5.41) is 10.1. The van der Waals surface area contributed by atoms with Gasteiger partial charge >= 0.3 is 5.97 Å². The first-order valence-corrected chi connectivity index (χ1v) is 7.04. The molecule has 3 aromatic rings. The van der Waals surface area contributed by atoms with E-state index < -0.39 is 5.97 Å². The summed E-state index contributed by atoms with van der Waals surface area (Å²) in [5.74, 6) is -1.19. The highest BCUT2D eigenvalue weighted by molar-refractivity contribution is 5.95. The van der Waals surface area contributed by atoms with E-state index in [0.29, 0.717) is 6.54 Å². The molecular formula is C18H16FNO2. The van der Waals surface area contributed by atoms with Crippen LogP contribution in [0.5, 0.6) is 0 Å². The van der Waals surface area contributed by atoms with Gasteiger partial charge in [0, 0.05) is 23.1 Å². The predicted molar refractivity (Wildman–Crippen MR) is 83.9 cm³/mol. The van der Waals surface area contributed by atoms with E-state index in [1.807, 2.05) is 26.0 Å². The van der Waals surface area contributed by atoms with Crippen molar-refractivity contribution in [3.05, 3.63) is 70.7 Å². The van der Waals surface area contributed by atoms with Crippen LogP contribution in [0, 0.1) is 19.7 Å². The number of carboxylic acids is 1. The molecule has 112 valence electrons. The zero-order chi connectivity index (χ0) is 15.9. The van der Waals surface area contributed by atoms with E-state index in [4.69, 9.17) is 5.11 Å². The number of rotatable bonds is 3. The van der Waals surface area contributed by atoms with Crippen LogP contribution in [0.25, 0.3) is 10.9 Å². The minimum Gasteiger partial charge on any atom is -0.478 e. The largest absolute Gasteiger partial charge is 0.478 e. The lowest BCUT2D eigenvalue weighted by atomic mass is 10.1. The Morgan fingerprint density at radius 2 is 1.95 bits per heavy atom. The molecule has 1 N–H and O–H groups in total. The van der Waals surface area contributed by atoms with Crippen LogP contribution in [-0.4, -0.2) is 15.6 Å². The number of carbonyl (C=O) groups is 1. The molecule has 0 amide bonds. The van der Waals surface area contributed by atoms with E-state index in [0.717, 1.165) is 27.7 Å². The van der Waals surface area contributed by atoms with Gasteiger partial charge in [0.1, 0.15) is 5.82 Å². The average molecular weight is 297 g/mol. The molecule has 1 aromatic heterocycles. The molecule has 0 unspecified atom stereocenters. The highest BCUT2D eigenvalue weighted by Gasteiger charge is 2.13. The van der Waals surface area contributed by atoms with Crippen LogP contribution in [0.3, 0.4) is 0 Å². The molecule has 0 spiro atoms. The quantitative estimate of drug-likeness (QED) is 0.789. The first kappa shape index (κ1) is 14.3. The van der Waals surface area contributed by atoms with Gasteiger partial charge in [0.2, 0.25) is 0 Å². The van der Waals surface area contributed by atoms with E-state index in [1.165, 1.54) is 12.1 Å². The Hall–Kier alpha value is -2.62. The van der Waals surface area contributed by atoms with Crippen LogP contribution in [0.2, 0.25) is 0 Å². The summed E-state index contributed by atoms with van der Waals surface area (Å²) in [6, 6.07) is 11.6. The molecule has 0 saturated carbocycles. The third-order valence-electron chi connectivity index (χ3n) is 4.12. The summed E-state index contributed by atoms with van der Waals surface area (Å²) in [7, 11) is 0. The Balaban J connectivity index is 2.13. The van der Waals surface area contributed by atoms with Gasteiger partial charge in [0.25, 0.3) is 0 Å². The maximum atomic E-state index is 13.4. The van der Waals surface area contributed by atoms with Gasteiger partial charge < -0.3 is 9.67 Å². The number of hydrogen-bond acceptors (Lipinski definition) is 1. The first-order chi connectivity index (χ1) is 10.5. The second-order valence-electron chi connectivity index (χ2n) is 5.46. The normalized spacial score (nSPS) is 11.0. The van der Waals surface area contributed by atoms with Crippen molar-refractivity contribution in [1.82, 2.24) is 4.57 Å². The molecule has 2 aromatic carbocycles. The molecule has 0 bridgehead atoms. The number of carboxylic acid groups (broad SMARTS) is 1. The summed E-state index contributed by atoms with van der Waals surface area (Å²) in [5.41, 5.74) is 4.22. The van der Waals surface area contributed by atoms with Crippen molar-refractivity contribution in [2.75, 3.05) is 0 Å². The van der Waals surface area contributed by atoms with E-state index >= 15 is 0 Å². The van der Waals surface area contributed by atoms with Crippen molar-refractivity contribution in [3.63, 3.8) is 0 Å². The Morgan fingerprint density at radius 3 is 2.64 bits per heavy atom. The lowest BCUT2D eigenvalue weighted by Crippen LogP contribution is -2.02.